The van der Waals surface area contributed by atoms with E-state index in [1.165, 1.54) is 18.6 Å². The van der Waals surface area contributed by atoms with E-state index in [-0.39, 0.29) is 16.8 Å². The van der Waals surface area contributed by atoms with Gasteiger partial charge >= 0.3 is 11.8 Å². The summed E-state index contributed by atoms with van der Waals surface area (Å²) < 4.78 is 13.4. The Kier molecular flexibility index (Phi) is 5.59. The van der Waals surface area contributed by atoms with Crippen molar-refractivity contribution in [2.75, 3.05) is 18.9 Å². The summed E-state index contributed by atoms with van der Waals surface area (Å²) in [6.45, 7) is 0.913. The normalized spacial score (nSPS) is 26.6. The van der Waals surface area contributed by atoms with E-state index in [4.69, 9.17) is 11.6 Å². The van der Waals surface area contributed by atoms with E-state index in [1.54, 1.807) is 0 Å². The molecule has 3 atom stereocenters. The molecule has 25 heavy (non-hydrogen) atoms. The van der Waals surface area contributed by atoms with Crippen molar-refractivity contribution in [3.63, 3.8) is 0 Å². The number of halogens is 2. The van der Waals surface area contributed by atoms with Gasteiger partial charge in [-0.15, -0.1) is 0 Å². The molecule has 1 aromatic rings. The Balaban J connectivity index is 1.60. The molecular formula is C18H23ClFN3O2. The number of carbonyl (C=O) groups excluding carboxylic acids is 2. The summed E-state index contributed by atoms with van der Waals surface area (Å²) in [6.07, 6.45) is 5.44. The van der Waals surface area contributed by atoms with Gasteiger partial charge in [0, 0.05) is 24.3 Å². The van der Waals surface area contributed by atoms with Crippen LogP contribution >= 0.6 is 11.6 Å². The number of nitrogens with zero attached hydrogens (tertiary/aromatic N) is 1. The van der Waals surface area contributed by atoms with Crippen LogP contribution in [0.1, 0.15) is 32.1 Å². The first-order valence-electron chi connectivity index (χ1n) is 8.73. The number of carbonyl (C=O) groups is 2. The fourth-order valence-electron chi connectivity index (χ4n) is 4.05. The number of nitrogens with one attached hydrogen (secondary N) is 2. The third-order valence-corrected chi connectivity index (χ3v) is 5.66. The summed E-state index contributed by atoms with van der Waals surface area (Å²) in [4.78, 5) is 26.7. The van der Waals surface area contributed by atoms with Gasteiger partial charge < -0.3 is 15.5 Å². The van der Waals surface area contributed by atoms with E-state index in [0.29, 0.717) is 12.0 Å². The second kappa shape index (κ2) is 7.70. The second-order valence-electron chi connectivity index (χ2n) is 6.95. The second-order valence-corrected chi connectivity index (χ2v) is 7.36. The van der Waals surface area contributed by atoms with Gasteiger partial charge in [0.15, 0.2) is 0 Å². The SMILES string of the molecule is CN1CCC(NC(=O)C(=O)Nc2ccc(Cl)c(F)c2)C2CCCCC21. The van der Waals surface area contributed by atoms with Crippen LogP contribution in [0.5, 0.6) is 0 Å². The number of fused-ring (bicyclic) bond motifs is 1. The fourth-order valence-corrected chi connectivity index (χ4v) is 4.17. The van der Waals surface area contributed by atoms with E-state index in [1.807, 2.05) is 0 Å². The molecular weight excluding hydrogens is 345 g/mol. The Bertz CT molecular complexity index is 670. The van der Waals surface area contributed by atoms with Crippen molar-refractivity contribution in [2.24, 2.45) is 5.92 Å². The van der Waals surface area contributed by atoms with Gasteiger partial charge in [0.1, 0.15) is 5.82 Å². The number of benzene rings is 1. The third kappa shape index (κ3) is 4.12. The molecule has 136 valence electrons. The van der Waals surface area contributed by atoms with E-state index >= 15 is 0 Å². The first-order valence-corrected chi connectivity index (χ1v) is 9.10. The summed E-state index contributed by atoms with van der Waals surface area (Å²) in [5.41, 5.74) is 0.209. The van der Waals surface area contributed by atoms with Crippen LogP contribution in [0.15, 0.2) is 18.2 Å². The number of amides is 2. The quantitative estimate of drug-likeness (QED) is 0.790. The molecule has 1 saturated carbocycles. The molecule has 3 rings (SSSR count). The largest absolute Gasteiger partial charge is 0.345 e. The minimum Gasteiger partial charge on any atom is -0.345 e. The Morgan fingerprint density at radius 3 is 2.72 bits per heavy atom. The van der Waals surface area contributed by atoms with Crippen LogP contribution in [0.25, 0.3) is 0 Å². The van der Waals surface area contributed by atoms with Gasteiger partial charge in [-0.05, 0) is 50.4 Å². The van der Waals surface area contributed by atoms with Crippen LogP contribution in [0.2, 0.25) is 5.02 Å². The van der Waals surface area contributed by atoms with Crippen LogP contribution in [0.4, 0.5) is 10.1 Å². The third-order valence-electron chi connectivity index (χ3n) is 5.36. The maximum absolute atomic E-state index is 13.4. The molecule has 0 spiro atoms. The lowest BCUT2D eigenvalue weighted by Gasteiger charge is -2.46. The minimum atomic E-state index is -0.784. The molecule has 3 unspecified atom stereocenters. The van der Waals surface area contributed by atoms with Crippen LogP contribution in [0.3, 0.4) is 0 Å². The molecule has 2 N–H and O–H groups in total. The Morgan fingerprint density at radius 1 is 1.20 bits per heavy atom. The number of rotatable bonds is 2. The zero-order valence-electron chi connectivity index (χ0n) is 14.2. The van der Waals surface area contributed by atoms with Gasteiger partial charge in [0.25, 0.3) is 0 Å². The number of anilines is 1. The molecule has 2 fully saturated rings. The van der Waals surface area contributed by atoms with E-state index in [9.17, 15) is 14.0 Å². The highest BCUT2D eigenvalue weighted by Gasteiger charge is 2.38. The number of hydrogen-bond donors (Lipinski definition) is 2. The molecule has 1 aromatic carbocycles. The Morgan fingerprint density at radius 2 is 1.96 bits per heavy atom. The highest BCUT2D eigenvalue weighted by atomic mass is 35.5. The Labute approximate surface area is 151 Å². The predicted octanol–water partition coefficient (Wildman–Crippen LogP) is 2.80. The van der Waals surface area contributed by atoms with E-state index in [2.05, 4.69) is 22.6 Å². The van der Waals surface area contributed by atoms with Crippen LogP contribution in [0, 0.1) is 11.7 Å². The number of hydrogen-bond acceptors (Lipinski definition) is 3. The summed E-state index contributed by atoms with van der Waals surface area (Å²) in [5, 5.41) is 5.28. The summed E-state index contributed by atoms with van der Waals surface area (Å²) >= 11 is 5.61. The lowest BCUT2D eigenvalue weighted by Crippen LogP contribution is -2.57. The summed E-state index contributed by atoms with van der Waals surface area (Å²) in [5.74, 6) is -1.71. The zero-order valence-corrected chi connectivity index (χ0v) is 15.0. The van der Waals surface area contributed by atoms with E-state index in [0.717, 1.165) is 38.3 Å². The smallest absolute Gasteiger partial charge is 0.313 e. The first kappa shape index (κ1) is 18.1. The van der Waals surface area contributed by atoms with Crippen LogP contribution < -0.4 is 10.6 Å². The maximum atomic E-state index is 13.4. The van der Waals surface area contributed by atoms with Gasteiger partial charge in [-0.25, -0.2) is 4.39 Å². The molecule has 1 aliphatic heterocycles. The van der Waals surface area contributed by atoms with Crippen molar-refractivity contribution in [3.05, 3.63) is 29.0 Å². The summed E-state index contributed by atoms with van der Waals surface area (Å²) in [6, 6.07) is 4.39. The lowest BCUT2D eigenvalue weighted by molar-refractivity contribution is -0.137. The molecule has 1 saturated heterocycles. The van der Waals surface area contributed by atoms with Gasteiger partial charge in [-0.3, -0.25) is 9.59 Å². The highest BCUT2D eigenvalue weighted by molar-refractivity contribution is 6.39. The molecule has 0 radical (unpaired) electrons. The van der Waals surface area contributed by atoms with E-state index < -0.39 is 17.6 Å². The predicted molar refractivity (Wildman–Crippen MR) is 95.0 cm³/mol. The number of likely N-dealkylation sites (tertiary alicyclic amines) is 1. The average Bonchev–Trinajstić information content (AvgIpc) is 2.60. The monoisotopic (exact) mass is 367 g/mol. The molecule has 0 aromatic heterocycles. The average molecular weight is 368 g/mol. The molecule has 2 aliphatic rings. The lowest BCUT2D eigenvalue weighted by atomic mass is 9.75. The van der Waals surface area contributed by atoms with Crippen molar-refractivity contribution < 1.29 is 14.0 Å². The Hall–Kier alpha value is -1.66. The zero-order chi connectivity index (χ0) is 18.0. The molecule has 5 nitrogen and oxygen atoms in total. The van der Waals surface area contributed by atoms with Crippen molar-refractivity contribution in [1.29, 1.82) is 0 Å². The van der Waals surface area contributed by atoms with Gasteiger partial charge in [0.05, 0.1) is 5.02 Å². The molecule has 0 bridgehead atoms. The topological polar surface area (TPSA) is 61.4 Å². The summed E-state index contributed by atoms with van der Waals surface area (Å²) in [7, 11) is 2.13. The molecule has 1 aliphatic carbocycles. The standard InChI is InChI=1S/C18H23ClFN3O2/c1-23-9-8-15(12-4-2-3-5-16(12)23)22-18(25)17(24)21-11-6-7-13(19)14(20)10-11/h6-7,10,12,15-16H,2-5,8-9H2,1H3,(H,21,24)(H,22,25). The van der Waals surface area contributed by atoms with Crippen LogP contribution in [-0.4, -0.2) is 42.4 Å². The minimum absolute atomic E-state index is 0.0155. The van der Waals surface area contributed by atoms with Gasteiger partial charge in [-0.1, -0.05) is 24.4 Å². The first-order chi connectivity index (χ1) is 12.0. The van der Waals surface area contributed by atoms with Crippen molar-refractivity contribution in [1.82, 2.24) is 10.2 Å². The van der Waals surface area contributed by atoms with Crippen molar-refractivity contribution >= 4 is 29.1 Å². The maximum Gasteiger partial charge on any atom is 0.313 e. The van der Waals surface area contributed by atoms with Crippen molar-refractivity contribution in [2.45, 2.75) is 44.2 Å². The van der Waals surface area contributed by atoms with Gasteiger partial charge in [0.2, 0.25) is 0 Å². The van der Waals surface area contributed by atoms with Crippen molar-refractivity contribution in [3.8, 4) is 0 Å². The highest BCUT2D eigenvalue weighted by Crippen LogP contribution is 2.34. The molecule has 1 heterocycles. The fraction of sp³-hybridized carbons (Fsp3) is 0.556. The molecule has 7 heteroatoms. The van der Waals surface area contributed by atoms with Crippen LogP contribution in [-0.2, 0) is 9.59 Å². The van der Waals surface area contributed by atoms with Gasteiger partial charge in [-0.2, -0.15) is 0 Å². The molecule has 2 amide bonds. The number of piperidine rings is 1.